The second-order valence-corrected chi connectivity index (χ2v) is 11.5. The Morgan fingerprint density at radius 1 is 0.553 bits per heavy atom. The van der Waals surface area contributed by atoms with Gasteiger partial charge in [0.15, 0.2) is 0 Å². The van der Waals surface area contributed by atoms with Crippen molar-refractivity contribution in [2.45, 2.75) is 24.2 Å². The van der Waals surface area contributed by atoms with E-state index in [1.165, 1.54) is 0 Å². The molecule has 0 fully saturated rings. The average Bonchev–Trinajstić information content (AvgIpc) is 3.51. The number of nitrogens with zero attached hydrogens (tertiary/aromatic N) is 2. The van der Waals surface area contributed by atoms with E-state index in [2.05, 4.69) is 34.2 Å². The van der Waals surface area contributed by atoms with Gasteiger partial charge in [-0.25, -0.2) is 9.97 Å². The predicted molar refractivity (Wildman–Crippen MR) is 135 cm³/mol. The van der Waals surface area contributed by atoms with Crippen molar-refractivity contribution in [3.05, 3.63) is 104 Å². The highest BCUT2D eigenvalue weighted by Gasteiger charge is 2.46. The van der Waals surface area contributed by atoms with Gasteiger partial charge < -0.3 is 0 Å². The number of rotatable bonds is 0. The van der Waals surface area contributed by atoms with E-state index < -0.39 is 23.5 Å². The molecule has 10 heteroatoms. The first-order valence-electron chi connectivity index (χ1n) is 11.6. The van der Waals surface area contributed by atoms with Crippen LogP contribution in [0.5, 0.6) is 0 Å². The topological polar surface area (TPSA) is 25.8 Å². The molecule has 2 nitrogen and oxygen atoms in total. The highest BCUT2D eigenvalue weighted by Crippen LogP contribution is 2.57. The summed E-state index contributed by atoms with van der Waals surface area (Å²) >= 11 is 3.20. The first kappa shape index (κ1) is 22.5. The van der Waals surface area contributed by atoms with Gasteiger partial charge >= 0.3 is 12.4 Å². The van der Waals surface area contributed by atoms with E-state index >= 15 is 0 Å². The summed E-state index contributed by atoms with van der Waals surface area (Å²) < 4.78 is 84.2. The highest BCUT2D eigenvalue weighted by molar-refractivity contribution is 7.17. The molecule has 38 heavy (non-hydrogen) atoms. The number of benzene rings is 3. The van der Waals surface area contributed by atoms with Crippen molar-refractivity contribution >= 4 is 53.9 Å². The van der Waals surface area contributed by atoms with Gasteiger partial charge in [-0.15, -0.1) is 22.7 Å². The molecule has 0 saturated carbocycles. The van der Waals surface area contributed by atoms with Gasteiger partial charge in [0.2, 0.25) is 0 Å². The summed E-state index contributed by atoms with van der Waals surface area (Å²) in [6.07, 6.45) is -10.4. The molecular weight excluding hydrogens is 542 g/mol. The van der Waals surface area contributed by atoms with Crippen molar-refractivity contribution in [1.82, 2.24) is 9.97 Å². The van der Waals surface area contributed by atoms with Crippen LogP contribution in [-0.4, -0.2) is 9.97 Å². The number of hydrogen-bond acceptors (Lipinski definition) is 4. The minimum Gasteiger partial charge on any atom is -0.248 e. The summed E-state index contributed by atoms with van der Waals surface area (Å²) in [6, 6.07) is 13.4. The fourth-order valence-corrected chi connectivity index (χ4v) is 7.67. The van der Waals surface area contributed by atoms with Crippen LogP contribution in [0.3, 0.4) is 0 Å². The Morgan fingerprint density at radius 3 is 1.34 bits per heavy atom. The second kappa shape index (κ2) is 7.12. The van der Waals surface area contributed by atoms with E-state index in [1.807, 2.05) is 22.9 Å². The lowest BCUT2D eigenvalue weighted by atomic mass is 9.64. The van der Waals surface area contributed by atoms with Crippen LogP contribution < -0.4 is 0 Å². The monoisotopic (exact) mass is 554 g/mol. The van der Waals surface area contributed by atoms with Crippen molar-refractivity contribution in [3.8, 4) is 0 Å². The van der Waals surface area contributed by atoms with E-state index in [1.54, 1.807) is 22.7 Å². The zero-order chi connectivity index (χ0) is 26.1. The molecule has 0 aliphatic heterocycles. The molecule has 0 spiro atoms. The highest BCUT2D eigenvalue weighted by atomic mass is 32.1. The molecule has 0 unspecified atom stereocenters. The molecule has 3 heterocycles. The number of fused-ring (bicyclic) bond motifs is 3. The Hall–Kier alpha value is -3.50. The van der Waals surface area contributed by atoms with Crippen LogP contribution in [0.25, 0.3) is 31.2 Å². The Kier molecular flexibility index (Phi) is 4.21. The standard InChI is InChI=1S/C28H12F6N2S2/c29-27(30,31)17-9-19-20(10-18(17)28(32,33)34)36-26-24-15-7-21-11(1-3-37-21)5-13(15)23(25(26)35-19)14-6-12-2-4-38-22(12)8-16(14)24/h1-10,23-24H. The minimum absolute atomic E-state index is 0.200. The fourth-order valence-electron chi connectivity index (χ4n) is 6.03. The van der Waals surface area contributed by atoms with Crippen molar-refractivity contribution < 1.29 is 26.3 Å². The van der Waals surface area contributed by atoms with Crippen molar-refractivity contribution in [2.75, 3.05) is 0 Å². The number of thiophene rings is 2. The average molecular weight is 555 g/mol. The van der Waals surface area contributed by atoms with Gasteiger partial charge in [-0.05, 0) is 92.3 Å². The van der Waals surface area contributed by atoms with Gasteiger partial charge in [0.05, 0.1) is 45.4 Å². The van der Waals surface area contributed by atoms with Crippen LogP contribution in [-0.2, 0) is 12.4 Å². The Labute approximate surface area is 218 Å². The lowest BCUT2D eigenvalue weighted by Gasteiger charge is -2.40. The molecule has 0 atom stereocenters. The van der Waals surface area contributed by atoms with Gasteiger partial charge in [0, 0.05) is 9.40 Å². The third-order valence-corrected chi connectivity index (χ3v) is 9.34. The lowest BCUT2D eigenvalue weighted by Crippen LogP contribution is -2.29. The van der Waals surface area contributed by atoms with Gasteiger partial charge in [-0.1, -0.05) is 0 Å². The minimum atomic E-state index is -5.19. The zero-order valence-corrected chi connectivity index (χ0v) is 20.5. The summed E-state index contributed by atoms with van der Waals surface area (Å²) in [5, 5.41) is 6.11. The summed E-state index contributed by atoms with van der Waals surface area (Å²) in [4.78, 5) is 9.21. The molecule has 0 amide bonds. The van der Waals surface area contributed by atoms with E-state index in [9.17, 15) is 26.3 Å². The van der Waals surface area contributed by atoms with Crippen LogP contribution >= 0.6 is 22.7 Å². The number of halogens is 6. The van der Waals surface area contributed by atoms with E-state index in [-0.39, 0.29) is 22.9 Å². The number of aromatic nitrogens is 2. The molecule has 9 rings (SSSR count). The van der Waals surface area contributed by atoms with Gasteiger partial charge in [0.1, 0.15) is 0 Å². The maximum absolute atomic E-state index is 13.7. The van der Waals surface area contributed by atoms with E-state index in [4.69, 9.17) is 0 Å². The molecule has 3 aliphatic rings. The van der Waals surface area contributed by atoms with Crippen LogP contribution in [0.15, 0.2) is 59.3 Å². The molecule has 0 radical (unpaired) electrons. The van der Waals surface area contributed by atoms with Crippen molar-refractivity contribution in [3.63, 3.8) is 0 Å². The molecule has 0 saturated heterocycles. The third kappa shape index (κ3) is 2.95. The summed E-state index contributed by atoms with van der Waals surface area (Å²) in [5.74, 6) is -0.770. The molecule has 3 aromatic heterocycles. The Morgan fingerprint density at radius 2 is 0.947 bits per heavy atom. The quantitative estimate of drug-likeness (QED) is 0.175. The summed E-state index contributed by atoms with van der Waals surface area (Å²) in [6.45, 7) is 0. The normalized spacial score (nSPS) is 18.3. The second-order valence-electron chi connectivity index (χ2n) is 9.62. The fraction of sp³-hybridized carbons (Fsp3) is 0.143. The summed E-state index contributed by atoms with van der Waals surface area (Å²) in [5.41, 5.74) is 1.13. The number of hydrogen-bond donors (Lipinski definition) is 0. The lowest BCUT2D eigenvalue weighted by molar-refractivity contribution is -0.161. The van der Waals surface area contributed by atoms with E-state index in [0.29, 0.717) is 23.5 Å². The molecule has 188 valence electrons. The first-order chi connectivity index (χ1) is 18.1. The van der Waals surface area contributed by atoms with Crippen LogP contribution in [0.1, 0.15) is 56.6 Å². The molecule has 3 aromatic carbocycles. The Balaban J connectivity index is 1.46. The van der Waals surface area contributed by atoms with Gasteiger partial charge in [-0.3, -0.25) is 0 Å². The van der Waals surface area contributed by atoms with E-state index in [0.717, 1.165) is 42.4 Å². The van der Waals surface area contributed by atoms with Gasteiger partial charge in [0.25, 0.3) is 0 Å². The van der Waals surface area contributed by atoms with Crippen molar-refractivity contribution in [2.24, 2.45) is 0 Å². The van der Waals surface area contributed by atoms with Crippen LogP contribution in [0, 0.1) is 0 Å². The van der Waals surface area contributed by atoms with Crippen molar-refractivity contribution in [1.29, 1.82) is 0 Å². The molecule has 3 aliphatic carbocycles. The third-order valence-electron chi connectivity index (χ3n) is 7.58. The maximum Gasteiger partial charge on any atom is 0.417 e. The zero-order valence-electron chi connectivity index (χ0n) is 18.9. The largest absolute Gasteiger partial charge is 0.417 e. The molecule has 6 aromatic rings. The van der Waals surface area contributed by atoms with Crippen LogP contribution in [0.2, 0.25) is 0 Å². The smallest absolute Gasteiger partial charge is 0.248 e. The predicted octanol–water partition coefficient (Wildman–Crippen LogP) is 9.08. The SMILES string of the molecule is FC(F)(F)c1cc2nc3c(nc2cc1C(F)(F)F)C1c2cc4sccc4cc2C3c2cc3ccsc3cc21. The maximum atomic E-state index is 13.7. The molecule has 2 bridgehead atoms. The van der Waals surface area contributed by atoms with Crippen LogP contribution in [0.4, 0.5) is 26.3 Å². The summed E-state index contributed by atoms with van der Waals surface area (Å²) in [7, 11) is 0. The Bertz CT molecular complexity index is 1760. The molecular formula is C28H12F6N2S2. The molecule has 0 N–H and O–H groups in total. The van der Waals surface area contributed by atoms with Gasteiger partial charge in [-0.2, -0.15) is 26.3 Å². The number of alkyl halides is 6. The first-order valence-corrected chi connectivity index (χ1v) is 13.4.